The smallest absolute Gasteiger partial charge is 0.253 e. The summed E-state index contributed by atoms with van der Waals surface area (Å²) in [5, 5.41) is 14.3. The molecule has 1 aliphatic rings. The molecule has 5 aromatic rings. The molecule has 1 atom stereocenters. The number of rotatable bonds is 7. The second-order valence-electron chi connectivity index (χ2n) is 10.1. The molecule has 6 nitrogen and oxygen atoms in total. The van der Waals surface area contributed by atoms with Gasteiger partial charge in [0.15, 0.2) is 0 Å². The fourth-order valence-corrected chi connectivity index (χ4v) is 5.74. The van der Waals surface area contributed by atoms with Crippen molar-refractivity contribution in [2.45, 2.75) is 32.4 Å². The highest BCUT2D eigenvalue weighted by molar-refractivity contribution is 6.02. The van der Waals surface area contributed by atoms with E-state index in [1.165, 1.54) is 12.1 Å². The van der Waals surface area contributed by atoms with Gasteiger partial charge in [-0.1, -0.05) is 30.3 Å². The number of H-pyrrole nitrogens is 1. The first-order valence-electron chi connectivity index (χ1n) is 13.1. The molecule has 0 unspecified atom stereocenters. The summed E-state index contributed by atoms with van der Waals surface area (Å²) in [4.78, 5) is 17.1. The maximum absolute atomic E-state index is 14.3. The number of methoxy groups -OCH3 is 1. The van der Waals surface area contributed by atoms with Gasteiger partial charge in [-0.15, -0.1) is 0 Å². The quantitative estimate of drug-likeness (QED) is 0.258. The molecule has 0 saturated carbocycles. The van der Waals surface area contributed by atoms with Gasteiger partial charge in [0.25, 0.3) is 5.91 Å². The summed E-state index contributed by atoms with van der Waals surface area (Å²) in [7, 11) is 1.67. The van der Waals surface area contributed by atoms with Crippen LogP contribution in [0.5, 0.6) is 5.75 Å². The number of fused-ring (bicyclic) bond motifs is 4. The Morgan fingerprint density at radius 3 is 2.79 bits per heavy atom. The Morgan fingerprint density at radius 1 is 1.15 bits per heavy atom. The molecule has 3 aromatic carbocycles. The predicted molar refractivity (Wildman–Crippen MR) is 151 cm³/mol. The summed E-state index contributed by atoms with van der Waals surface area (Å²) in [5.74, 6) is 0.167. The van der Waals surface area contributed by atoms with Crippen LogP contribution in [0.4, 0.5) is 4.39 Å². The lowest BCUT2D eigenvalue weighted by Crippen LogP contribution is -2.39. The number of aromatic amines is 1. The molecule has 0 spiro atoms. The average molecular weight is 524 g/mol. The summed E-state index contributed by atoms with van der Waals surface area (Å²) < 4.78 is 22.0. The van der Waals surface area contributed by atoms with Gasteiger partial charge in [-0.05, 0) is 72.9 Å². The molecule has 0 radical (unpaired) electrons. The number of benzene rings is 3. The van der Waals surface area contributed by atoms with Crippen LogP contribution >= 0.6 is 0 Å². The van der Waals surface area contributed by atoms with Crippen LogP contribution in [0.25, 0.3) is 33.4 Å². The number of amides is 1. The number of aliphatic hydroxyl groups is 1. The summed E-state index contributed by atoms with van der Waals surface area (Å²) in [6.07, 6.45) is 3.15. The lowest BCUT2D eigenvalue weighted by Gasteiger charge is -2.23. The van der Waals surface area contributed by atoms with Gasteiger partial charge in [0.2, 0.25) is 0 Å². The Kier molecular flexibility index (Phi) is 6.45. The molecule has 3 heterocycles. The zero-order valence-electron chi connectivity index (χ0n) is 21.9. The maximum atomic E-state index is 14.3. The summed E-state index contributed by atoms with van der Waals surface area (Å²) >= 11 is 0. The Balaban J connectivity index is 1.40. The number of aliphatic hydroxyl groups excluding tert-OH is 1. The van der Waals surface area contributed by atoms with Gasteiger partial charge in [-0.3, -0.25) is 4.79 Å². The first-order chi connectivity index (χ1) is 19.0. The highest BCUT2D eigenvalue weighted by atomic mass is 19.1. The van der Waals surface area contributed by atoms with Crippen molar-refractivity contribution in [1.29, 1.82) is 0 Å². The molecule has 39 heavy (non-hydrogen) atoms. The first kappa shape index (κ1) is 24.9. The molecule has 198 valence electrons. The van der Waals surface area contributed by atoms with Crippen LogP contribution in [0.15, 0.2) is 72.9 Å². The van der Waals surface area contributed by atoms with E-state index >= 15 is 0 Å². The SMILES string of the molecule is COc1cc2c(cc1C)-c1cc(C(=O)N[C@@H](CO)Cc3c[nH]c4ccccc34)c(-c3cccc(F)c3)n1CC2. The van der Waals surface area contributed by atoms with E-state index < -0.39 is 6.04 Å². The Bertz CT molecular complexity index is 1700. The largest absolute Gasteiger partial charge is 0.496 e. The molecule has 3 N–H and O–H groups in total. The van der Waals surface area contributed by atoms with Crippen LogP contribution in [-0.2, 0) is 19.4 Å². The van der Waals surface area contributed by atoms with Crippen molar-refractivity contribution in [3.63, 3.8) is 0 Å². The van der Waals surface area contributed by atoms with E-state index in [0.29, 0.717) is 29.8 Å². The van der Waals surface area contributed by atoms with Crippen LogP contribution < -0.4 is 10.1 Å². The molecule has 1 aliphatic heterocycles. The van der Waals surface area contributed by atoms with Crippen LogP contribution in [0.1, 0.15) is 27.0 Å². The molecular weight excluding hydrogens is 493 g/mol. The Morgan fingerprint density at radius 2 is 2.00 bits per heavy atom. The monoisotopic (exact) mass is 523 g/mol. The zero-order chi connectivity index (χ0) is 27.1. The lowest BCUT2D eigenvalue weighted by atomic mass is 9.95. The highest BCUT2D eigenvalue weighted by Gasteiger charge is 2.28. The molecule has 0 fully saturated rings. The van der Waals surface area contributed by atoms with Crippen LogP contribution in [0, 0.1) is 12.7 Å². The fourth-order valence-electron chi connectivity index (χ4n) is 5.74. The van der Waals surface area contributed by atoms with Gasteiger partial charge in [0.05, 0.1) is 31.0 Å². The number of halogens is 1. The van der Waals surface area contributed by atoms with Gasteiger partial charge in [-0.2, -0.15) is 0 Å². The number of carbonyl (C=O) groups is 1. The maximum Gasteiger partial charge on any atom is 0.253 e. The van der Waals surface area contributed by atoms with E-state index in [9.17, 15) is 14.3 Å². The van der Waals surface area contributed by atoms with E-state index in [1.807, 2.05) is 49.5 Å². The third-order valence-electron chi connectivity index (χ3n) is 7.64. The number of para-hydroxylation sites is 1. The number of ether oxygens (including phenoxy) is 1. The lowest BCUT2D eigenvalue weighted by molar-refractivity contribution is 0.0917. The van der Waals surface area contributed by atoms with E-state index in [0.717, 1.165) is 51.0 Å². The van der Waals surface area contributed by atoms with Crippen molar-refractivity contribution in [1.82, 2.24) is 14.9 Å². The van der Waals surface area contributed by atoms with E-state index in [4.69, 9.17) is 4.74 Å². The molecular formula is C32H30FN3O3. The van der Waals surface area contributed by atoms with E-state index in [-0.39, 0.29) is 18.3 Å². The second-order valence-corrected chi connectivity index (χ2v) is 10.1. The number of nitrogens with zero attached hydrogens (tertiary/aromatic N) is 1. The van der Waals surface area contributed by atoms with Crippen LogP contribution in [-0.4, -0.2) is 40.3 Å². The molecule has 0 bridgehead atoms. The Hall–Kier alpha value is -4.36. The van der Waals surface area contributed by atoms with Crippen molar-refractivity contribution < 1.29 is 19.0 Å². The first-order valence-corrected chi connectivity index (χ1v) is 13.1. The normalized spacial score (nSPS) is 13.1. The van der Waals surface area contributed by atoms with Crippen LogP contribution in [0.3, 0.4) is 0 Å². The van der Waals surface area contributed by atoms with Crippen molar-refractivity contribution in [2.24, 2.45) is 0 Å². The molecule has 0 saturated heterocycles. The molecule has 2 aromatic heterocycles. The highest BCUT2D eigenvalue weighted by Crippen LogP contribution is 2.40. The second kappa shape index (κ2) is 10.1. The molecule has 6 rings (SSSR count). The standard InChI is InChI=1S/C32H30FN3O3/c1-19-12-26-20(15-30(19)39-2)10-11-36-29(26)16-27(31(36)21-6-5-7-23(33)13-21)32(38)35-24(18-37)14-22-17-34-28-9-4-3-8-25(22)28/h3-9,12-13,15-17,24,34,37H,10-11,14,18H2,1-2H3,(H,35,38)/t24-/m1/s1. The van der Waals surface area contributed by atoms with Crippen molar-refractivity contribution >= 4 is 16.8 Å². The van der Waals surface area contributed by atoms with E-state index in [1.54, 1.807) is 13.2 Å². The number of carbonyl (C=O) groups excluding carboxylic acids is 1. The van der Waals surface area contributed by atoms with Crippen molar-refractivity contribution in [3.05, 3.63) is 101 Å². The topological polar surface area (TPSA) is 79.3 Å². The van der Waals surface area contributed by atoms with Gasteiger partial charge in [-0.25, -0.2) is 4.39 Å². The zero-order valence-corrected chi connectivity index (χ0v) is 21.9. The minimum absolute atomic E-state index is 0.212. The van der Waals surface area contributed by atoms with Gasteiger partial charge < -0.3 is 24.7 Å². The van der Waals surface area contributed by atoms with Crippen molar-refractivity contribution in [2.75, 3.05) is 13.7 Å². The summed E-state index contributed by atoms with van der Waals surface area (Å²) in [6.45, 7) is 2.43. The predicted octanol–water partition coefficient (Wildman–Crippen LogP) is 5.65. The number of aryl methyl sites for hydroxylation is 2. The minimum Gasteiger partial charge on any atom is -0.496 e. The number of nitrogens with one attached hydrogen (secondary N) is 2. The summed E-state index contributed by atoms with van der Waals surface area (Å²) in [6, 6.07) is 19.8. The van der Waals surface area contributed by atoms with Gasteiger partial charge in [0.1, 0.15) is 11.6 Å². The molecule has 7 heteroatoms. The van der Waals surface area contributed by atoms with Crippen molar-refractivity contribution in [3.8, 4) is 28.3 Å². The average Bonchev–Trinajstić information content (AvgIpc) is 3.54. The third-order valence-corrected chi connectivity index (χ3v) is 7.64. The number of hydrogen-bond donors (Lipinski definition) is 3. The number of hydrogen-bond acceptors (Lipinski definition) is 3. The van der Waals surface area contributed by atoms with Crippen LogP contribution in [0.2, 0.25) is 0 Å². The Labute approximate surface area is 226 Å². The third kappa shape index (κ3) is 4.49. The molecule has 1 amide bonds. The van der Waals surface area contributed by atoms with Gasteiger partial charge >= 0.3 is 0 Å². The summed E-state index contributed by atoms with van der Waals surface area (Å²) in [5.41, 5.74) is 7.88. The number of aromatic nitrogens is 2. The minimum atomic E-state index is -0.493. The van der Waals surface area contributed by atoms with Gasteiger partial charge in [0, 0.05) is 40.5 Å². The fraction of sp³-hybridized carbons (Fsp3) is 0.219. The molecule has 0 aliphatic carbocycles. The van der Waals surface area contributed by atoms with E-state index in [2.05, 4.69) is 27.0 Å².